The molecule has 4 heteroatoms. The highest BCUT2D eigenvalue weighted by atomic mass is 16.7. The molecule has 0 bridgehead atoms. The maximum Gasteiger partial charge on any atom is 0.264 e. The molecule has 0 saturated heterocycles. The summed E-state index contributed by atoms with van der Waals surface area (Å²) in [5.41, 5.74) is 1.43. The first-order valence-electron chi connectivity index (χ1n) is 5.65. The molecule has 0 aromatic heterocycles. The number of aromatic hydroxyl groups is 1. The predicted molar refractivity (Wildman–Crippen MR) is 65.7 cm³/mol. The summed E-state index contributed by atoms with van der Waals surface area (Å²) in [6.07, 6.45) is -0.704. The second kappa shape index (κ2) is 4.23. The lowest BCUT2D eigenvalue weighted by molar-refractivity contribution is -0.000607. The summed E-state index contributed by atoms with van der Waals surface area (Å²) in [6, 6.07) is 12.6. The monoisotopic (exact) mass is 244 g/mol. The van der Waals surface area contributed by atoms with E-state index in [2.05, 4.69) is 0 Å². The van der Waals surface area contributed by atoms with Crippen molar-refractivity contribution in [3.05, 3.63) is 42.5 Å². The average Bonchev–Trinajstić information content (AvgIpc) is 2.82. The SMILES string of the molecule is OCC1Oc2ccc(O)c(-c3ccccc3)c2O1. The van der Waals surface area contributed by atoms with Gasteiger partial charge in [0.15, 0.2) is 11.5 Å². The molecule has 3 rings (SSSR count). The minimum absolute atomic E-state index is 0.127. The Morgan fingerprint density at radius 2 is 1.78 bits per heavy atom. The van der Waals surface area contributed by atoms with Gasteiger partial charge < -0.3 is 19.7 Å². The zero-order chi connectivity index (χ0) is 12.5. The van der Waals surface area contributed by atoms with Gasteiger partial charge in [-0.15, -0.1) is 0 Å². The molecule has 1 heterocycles. The molecule has 4 nitrogen and oxygen atoms in total. The minimum atomic E-state index is -0.704. The third-order valence-corrected chi connectivity index (χ3v) is 2.82. The van der Waals surface area contributed by atoms with Gasteiger partial charge in [-0.05, 0) is 17.7 Å². The van der Waals surface area contributed by atoms with Crippen molar-refractivity contribution in [1.29, 1.82) is 0 Å². The zero-order valence-electron chi connectivity index (χ0n) is 9.54. The van der Waals surface area contributed by atoms with E-state index in [4.69, 9.17) is 14.6 Å². The van der Waals surface area contributed by atoms with E-state index in [-0.39, 0.29) is 12.4 Å². The van der Waals surface area contributed by atoms with Crippen molar-refractivity contribution in [3.8, 4) is 28.4 Å². The number of benzene rings is 2. The van der Waals surface area contributed by atoms with Crippen molar-refractivity contribution in [2.75, 3.05) is 6.61 Å². The second-order valence-corrected chi connectivity index (χ2v) is 4.00. The second-order valence-electron chi connectivity index (χ2n) is 4.00. The highest BCUT2D eigenvalue weighted by Crippen LogP contribution is 2.47. The van der Waals surface area contributed by atoms with Gasteiger partial charge in [0.2, 0.25) is 0 Å². The molecule has 2 aromatic rings. The largest absolute Gasteiger partial charge is 0.507 e. The molecule has 1 atom stereocenters. The fourth-order valence-electron chi connectivity index (χ4n) is 2.02. The molecule has 92 valence electrons. The molecule has 1 aliphatic rings. The quantitative estimate of drug-likeness (QED) is 0.849. The highest BCUT2D eigenvalue weighted by Gasteiger charge is 2.28. The molecule has 0 aliphatic carbocycles. The Balaban J connectivity index is 2.14. The van der Waals surface area contributed by atoms with E-state index in [1.165, 1.54) is 0 Å². The van der Waals surface area contributed by atoms with Gasteiger partial charge in [-0.3, -0.25) is 0 Å². The molecule has 1 aliphatic heterocycles. The van der Waals surface area contributed by atoms with Crippen LogP contribution >= 0.6 is 0 Å². The molecule has 0 saturated carbocycles. The van der Waals surface area contributed by atoms with Crippen molar-refractivity contribution >= 4 is 0 Å². The highest BCUT2D eigenvalue weighted by molar-refractivity contribution is 5.79. The Morgan fingerprint density at radius 3 is 2.50 bits per heavy atom. The van der Waals surface area contributed by atoms with E-state index >= 15 is 0 Å². The van der Waals surface area contributed by atoms with E-state index < -0.39 is 6.29 Å². The minimum Gasteiger partial charge on any atom is -0.507 e. The third-order valence-electron chi connectivity index (χ3n) is 2.82. The first-order chi connectivity index (χ1) is 8.79. The van der Waals surface area contributed by atoms with Crippen molar-refractivity contribution in [2.24, 2.45) is 0 Å². The predicted octanol–water partition coefficient (Wildman–Crippen LogP) is 2.15. The Hall–Kier alpha value is -2.20. The normalized spacial score (nSPS) is 16.8. The number of fused-ring (bicyclic) bond motifs is 1. The maximum atomic E-state index is 9.99. The third kappa shape index (κ3) is 1.67. The number of aliphatic hydroxyl groups is 1. The van der Waals surface area contributed by atoms with Gasteiger partial charge in [-0.25, -0.2) is 0 Å². The number of hydrogen-bond acceptors (Lipinski definition) is 4. The summed E-state index contributed by atoms with van der Waals surface area (Å²) in [5, 5.41) is 19.0. The van der Waals surface area contributed by atoms with Crippen LogP contribution in [-0.2, 0) is 0 Å². The van der Waals surface area contributed by atoms with Gasteiger partial charge in [0.05, 0.1) is 5.56 Å². The van der Waals surface area contributed by atoms with Crippen LogP contribution in [0.3, 0.4) is 0 Å². The van der Waals surface area contributed by atoms with E-state index in [9.17, 15) is 5.11 Å². The Morgan fingerprint density at radius 1 is 1.00 bits per heavy atom. The van der Waals surface area contributed by atoms with Crippen molar-refractivity contribution < 1.29 is 19.7 Å². The molecular weight excluding hydrogens is 232 g/mol. The first-order valence-corrected chi connectivity index (χ1v) is 5.65. The number of phenolic OH excluding ortho intramolecular Hbond substituents is 1. The standard InChI is InChI=1S/C14H12O4/c15-8-12-17-11-7-6-10(16)13(14(11)18-12)9-4-2-1-3-5-9/h1-7,12,15-16H,8H2. The van der Waals surface area contributed by atoms with Crippen LogP contribution in [0.5, 0.6) is 17.2 Å². The van der Waals surface area contributed by atoms with Crippen molar-refractivity contribution in [2.45, 2.75) is 6.29 Å². The number of phenols is 1. The van der Waals surface area contributed by atoms with Crippen LogP contribution in [0.4, 0.5) is 0 Å². The smallest absolute Gasteiger partial charge is 0.264 e. The van der Waals surface area contributed by atoms with Crippen LogP contribution in [0.2, 0.25) is 0 Å². The van der Waals surface area contributed by atoms with Crippen LogP contribution in [0.15, 0.2) is 42.5 Å². The first kappa shape index (κ1) is 10.9. The summed E-state index contributed by atoms with van der Waals surface area (Å²) < 4.78 is 10.9. The van der Waals surface area contributed by atoms with Crippen LogP contribution < -0.4 is 9.47 Å². The van der Waals surface area contributed by atoms with Gasteiger partial charge in [-0.1, -0.05) is 30.3 Å². The van der Waals surface area contributed by atoms with Gasteiger partial charge >= 0.3 is 0 Å². The van der Waals surface area contributed by atoms with Gasteiger partial charge in [0, 0.05) is 0 Å². The van der Waals surface area contributed by atoms with Crippen LogP contribution in [-0.4, -0.2) is 23.1 Å². The van der Waals surface area contributed by atoms with E-state index in [0.29, 0.717) is 17.1 Å². The Labute approximate surface area is 104 Å². The molecule has 0 spiro atoms. The number of aliphatic hydroxyl groups excluding tert-OH is 1. The fourth-order valence-corrected chi connectivity index (χ4v) is 2.02. The Bertz CT molecular complexity index is 566. The Kier molecular flexibility index (Phi) is 2.57. The fraction of sp³-hybridized carbons (Fsp3) is 0.143. The van der Waals surface area contributed by atoms with E-state index in [1.807, 2.05) is 30.3 Å². The van der Waals surface area contributed by atoms with Crippen molar-refractivity contribution in [1.82, 2.24) is 0 Å². The van der Waals surface area contributed by atoms with Crippen LogP contribution in [0, 0.1) is 0 Å². The summed E-state index contributed by atoms with van der Waals surface area (Å²) in [6.45, 7) is -0.232. The van der Waals surface area contributed by atoms with Crippen LogP contribution in [0.1, 0.15) is 0 Å². The molecule has 2 aromatic carbocycles. The lowest BCUT2D eigenvalue weighted by atomic mass is 10.0. The topological polar surface area (TPSA) is 58.9 Å². The van der Waals surface area contributed by atoms with Crippen molar-refractivity contribution in [3.63, 3.8) is 0 Å². The molecule has 0 radical (unpaired) electrons. The summed E-state index contributed by atoms with van der Waals surface area (Å²) in [4.78, 5) is 0. The van der Waals surface area contributed by atoms with Gasteiger partial charge in [-0.2, -0.15) is 0 Å². The molecular formula is C14H12O4. The van der Waals surface area contributed by atoms with Gasteiger partial charge in [0.25, 0.3) is 6.29 Å². The maximum absolute atomic E-state index is 9.99. The van der Waals surface area contributed by atoms with Gasteiger partial charge in [0.1, 0.15) is 12.4 Å². The number of rotatable bonds is 2. The molecule has 0 amide bonds. The molecule has 0 fully saturated rings. The lowest BCUT2D eigenvalue weighted by Crippen LogP contribution is -2.22. The zero-order valence-corrected chi connectivity index (χ0v) is 9.54. The summed E-state index contributed by atoms with van der Waals surface area (Å²) >= 11 is 0. The average molecular weight is 244 g/mol. The lowest BCUT2D eigenvalue weighted by Gasteiger charge is -2.09. The van der Waals surface area contributed by atoms with Crippen LogP contribution in [0.25, 0.3) is 11.1 Å². The van der Waals surface area contributed by atoms with E-state index in [1.54, 1.807) is 12.1 Å². The van der Waals surface area contributed by atoms with E-state index in [0.717, 1.165) is 5.56 Å². The number of ether oxygens (including phenoxy) is 2. The number of hydrogen-bond donors (Lipinski definition) is 2. The summed E-state index contributed by atoms with van der Waals surface area (Å²) in [7, 11) is 0. The molecule has 2 N–H and O–H groups in total. The molecule has 18 heavy (non-hydrogen) atoms. The molecule has 1 unspecified atom stereocenters. The summed E-state index contributed by atoms with van der Waals surface area (Å²) in [5.74, 6) is 1.13.